The average molecular weight is 327 g/mol. The van der Waals surface area contributed by atoms with Crippen molar-refractivity contribution in [1.29, 1.82) is 5.26 Å². The number of thiazole rings is 1. The molecule has 0 saturated carbocycles. The molecular weight excluding hydrogens is 310 g/mol. The summed E-state index contributed by atoms with van der Waals surface area (Å²) < 4.78 is 28.6. The van der Waals surface area contributed by atoms with Crippen LogP contribution in [0.2, 0.25) is 0 Å². The number of anilines is 1. The van der Waals surface area contributed by atoms with Gasteiger partial charge in [0, 0.05) is 37.6 Å². The number of hydrogen-bond donors (Lipinski definition) is 1. The normalized spacial score (nSPS) is 11.9. The number of aromatic nitrogens is 2. The van der Waals surface area contributed by atoms with Gasteiger partial charge in [0.15, 0.2) is 15.8 Å². The van der Waals surface area contributed by atoms with Gasteiger partial charge in [0.2, 0.25) is 0 Å². The highest BCUT2D eigenvalue weighted by Gasteiger charge is 2.30. The molecule has 0 atom stereocenters. The fraction of sp³-hybridized carbons (Fsp3) is 0.500. The molecule has 0 aliphatic rings. The molecule has 0 spiro atoms. The zero-order chi connectivity index (χ0) is 15.5. The monoisotopic (exact) mass is 327 g/mol. The predicted octanol–water partition coefficient (Wildman–Crippen LogP) is 1.75. The molecule has 0 aliphatic carbocycles. The third-order valence-corrected chi connectivity index (χ3v) is 5.73. The van der Waals surface area contributed by atoms with Crippen molar-refractivity contribution in [2.45, 2.75) is 25.3 Å². The van der Waals surface area contributed by atoms with E-state index in [0.717, 1.165) is 0 Å². The van der Waals surface area contributed by atoms with Crippen LogP contribution < -0.4 is 5.32 Å². The molecule has 0 unspecified atom stereocenters. The molecule has 2 aromatic rings. The smallest absolute Gasteiger partial charge is 0.262 e. The van der Waals surface area contributed by atoms with Crippen LogP contribution in [0.3, 0.4) is 0 Å². The molecule has 114 valence electrons. The van der Waals surface area contributed by atoms with Crippen molar-refractivity contribution in [3.05, 3.63) is 11.6 Å². The molecule has 0 aromatic carbocycles. The van der Waals surface area contributed by atoms with Gasteiger partial charge in [-0.3, -0.25) is 4.40 Å². The van der Waals surface area contributed by atoms with Gasteiger partial charge in [0.05, 0.1) is 6.07 Å². The number of imidazole rings is 1. The first kappa shape index (κ1) is 15.8. The lowest BCUT2D eigenvalue weighted by atomic mass is 10.5. The van der Waals surface area contributed by atoms with Crippen LogP contribution in [0.4, 0.5) is 5.82 Å². The molecule has 0 aliphatic heterocycles. The summed E-state index contributed by atoms with van der Waals surface area (Å²) in [5.74, 6) is 0.361. The maximum Gasteiger partial charge on any atom is 0.262 e. The number of nitriles is 1. The van der Waals surface area contributed by atoms with Crippen molar-refractivity contribution in [2.75, 3.05) is 25.0 Å². The summed E-state index contributed by atoms with van der Waals surface area (Å²) in [5.41, 5.74) is 0. The highest BCUT2D eigenvalue weighted by molar-refractivity contribution is 7.89. The molecule has 21 heavy (non-hydrogen) atoms. The predicted molar refractivity (Wildman–Crippen MR) is 81.9 cm³/mol. The summed E-state index contributed by atoms with van der Waals surface area (Å²) in [5, 5.41) is 13.6. The molecule has 2 rings (SSSR count). The number of rotatable bonds is 7. The third kappa shape index (κ3) is 2.88. The number of nitrogens with one attached hydrogen (secondary N) is 1. The highest BCUT2D eigenvalue weighted by atomic mass is 32.2. The van der Waals surface area contributed by atoms with Crippen LogP contribution in [-0.4, -0.2) is 41.7 Å². The van der Waals surface area contributed by atoms with Gasteiger partial charge < -0.3 is 5.32 Å². The van der Waals surface area contributed by atoms with Gasteiger partial charge in [-0.25, -0.2) is 13.4 Å². The Hall–Kier alpha value is -1.63. The molecular formula is C12H17N5O2S2. The van der Waals surface area contributed by atoms with Crippen molar-refractivity contribution in [1.82, 2.24) is 13.7 Å². The summed E-state index contributed by atoms with van der Waals surface area (Å²) in [6.45, 7) is 4.72. The van der Waals surface area contributed by atoms with Gasteiger partial charge >= 0.3 is 0 Å². The van der Waals surface area contributed by atoms with Gasteiger partial charge in [0.25, 0.3) is 10.0 Å². The van der Waals surface area contributed by atoms with Gasteiger partial charge in [-0.15, -0.1) is 11.3 Å². The molecule has 2 aromatic heterocycles. The first-order valence-corrected chi connectivity index (χ1v) is 8.94. The zero-order valence-electron chi connectivity index (χ0n) is 11.9. The average Bonchev–Trinajstić information content (AvgIpc) is 2.99. The molecule has 9 heteroatoms. The Bertz CT molecular complexity index is 756. The van der Waals surface area contributed by atoms with Gasteiger partial charge in [0.1, 0.15) is 0 Å². The first-order valence-electron chi connectivity index (χ1n) is 6.62. The number of sulfonamides is 1. The van der Waals surface area contributed by atoms with Crippen LogP contribution in [0.5, 0.6) is 0 Å². The minimum absolute atomic E-state index is 0.139. The van der Waals surface area contributed by atoms with Crippen molar-refractivity contribution in [2.24, 2.45) is 0 Å². The van der Waals surface area contributed by atoms with Crippen LogP contribution in [0.1, 0.15) is 20.3 Å². The molecule has 0 saturated heterocycles. The minimum atomic E-state index is -3.70. The van der Waals surface area contributed by atoms with E-state index in [4.69, 9.17) is 5.26 Å². The summed E-state index contributed by atoms with van der Waals surface area (Å²) in [6, 6.07) is 1.98. The lowest BCUT2D eigenvalue weighted by Gasteiger charge is -2.19. The molecule has 7 nitrogen and oxygen atoms in total. The fourth-order valence-corrected chi connectivity index (χ4v) is 4.49. The first-order chi connectivity index (χ1) is 10.1. The van der Waals surface area contributed by atoms with Crippen LogP contribution in [-0.2, 0) is 10.0 Å². The third-order valence-electron chi connectivity index (χ3n) is 2.97. The van der Waals surface area contributed by atoms with Crippen LogP contribution in [0.15, 0.2) is 16.6 Å². The minimum Gasteiger partial charge on any atom is -0.368 e. The summed E-state index contributed by atoms with van der Waals surface area (Å²) in [6.07, 6.45) is 1.86. The van der Waals surface area contributed by atoms with Crippen LogP contribution >= 0.6 is 11.3 Å². The molecule has 1 N–H and O–H groups in total. The van der Waals surface area contributed by atoms with E-state index in [2.05, 4.69) is 10.3 Å². The van der Waals surface area contributed by atoms with E-state index >= 15 is 0 Å². The second-order valence-corrected chi connectivity index (χ2v) is 6.98. The summed E-state index contributed by atoms with van der Waals surface area (Å²) in [7, 11) is -3.70. The lowest BCUT2D eigenvalue weighted by molar-refractivity contribution is 0.432. The Balaban J connectivity index is 2.54. The largest absolute Gasteiger partial charge is 0.368 e. The maximum atomic E-state index is 12.9. The Morgan fingerprint density at radius 3 is 2.90 bits per heavy atom. The van der Waals surface area contributed by atoms with Crippen molar-refractivity contribution < 1.29 is 8.42 Å². The van der Waals surface area contributed by atoms with E-state index in [9.17, 15) is 8.42 Å². The van der Waals surface area contributed by atoms with E-state index < -0.39 is 10.0 Å². The number of hydrogen-bond acceptors (Lipinski definition) is 6. The van der Waals surface area contributed by atoms with Gasteiger partial charge in [-0.2, -0.15) is 9.57 Å². The van der Waals surface area contributed by atoms with E-state index in [1.54, 1.807) is 22.9 Å². The van der Waals surface area contributed by atoms with Crippen molar-refractivity contribution >= 4 is 32.1 Å². The zero-order valence-corrected chi connectivity index (χ0v) is 13.5. The summed E-state index contributed by atoms with van der Waals surface area (Å²) in [4.78, 5) is 4.95. The topological polar surface area (TPSA) is 90.5 Å². The molecule has 2 heterocycles. The fourth-order valence-electron chi connectivity index (χ4n) is 2.04. The summed E-state index contributed by atoms with van der Waals surface area (Å²) >= 11 is 1.38. The van der Waals surface area contributed by atoms with E-state index in [1.807, 2.05) is 13.0 Å². The second-order valence-electron chi connectivity index (χ2n) is 4.26. The van der Waals surface area contributed by atoms with Gasteiger partial charge in [-0.1, -0.05) is 6.92 Å². The molecule has 0 amide bonds. The highest BCUT2D eigenvalue weighted by Crippen LogP contribution is 2.28. The van der Waals surface area contributed by atoms with E-state index in [1.165, 1.54) is 15.6 Å². The van der Waals surface area contributed by atoms with E-state index in [-0.39, 0.29) is 18.0 Å². The van der Waals surface area contributed by atoms with Crippen molar-refractivity contribution in [3.63, 3.8) is 0 Å². The number of fused-ring (bicyclic) bond motifs is 1. The standard InChI is InChI=1S/C12H17N5O2S2/c1-3-14-10-11(17-8-9-20-12(17)15-10)21(18,19)16(4-2)7-5-6-13/h8-9,14H,3-5,7H2,1-2H3. The van der Waals surface area contributed by atoms with Crippen LogP contribution in [0.25, 0.3) is 4.96 Å². The molecule has 0 radical (unpaired) electrons. The SMILES string of the molecule is CCNc1nc2sccn2c1S(=O)(=O)N(CC)CCC#N. The number of nitrogens with zero attached hydrogens (tertiary/aromatic N) is 4. The Morgan fingerprint density at radius 2 is 2.29 bits per heavy atom. The Morgan fingerprint density at radius 1 is 1.52 bits per heavy atom. The Kier molecular flexibility index (Phi) is 4.82. The maximum absolute atomic E-state index is 12.9. The van der Waals surface area contributed by atoms with Crippen molar-refractivity contribution in [3.8, 4) is 6.07 Å². The second kappa shape index (κ2) is 6.43. The van der Waals surface area contributed by atoms with Gasteiger partial charge in [-0.05, 0) is 6.92 Å². The lowest BCUT2D eigenvalue weighted by Crippen LogP contribution is -2.33. The molecule has 0 fully saturated rings. The van der Waals surface area contributed by atoms with Crippen LogP contribution in [0, 0.1) is 11.3 Å². The Labute approximate surface area is 127 Å². The quantitative estimate of drug-likeness (QED) is 0.836. The van der Waals surface area contributed by atoms with E-state index in [0.29, 0.717) is 23.9 Å². The molecule has 0 bridgehead atoms.